The lowest BCUT2D eigenvalue weighted by Crippen LogP contribution is -2.52. The Morgan fingerprint density at radius 1 is 0.500 bits per heavy atom. The van der Waals surface area contributed by atoms with E-state index in [0.29, 0.717) is 73.4 Å². The quantitative estimate of drug-likeness (QED) is 0.0165. The van der Waals surface area contributed by atoms with Crippen molar-refractivity contribution >= 4 is 38.3 Å². The summed E-state index contributed by atoms with van der Waals surface area (Å²) in [5, 5.41) is 40.9. The molecule has 8 rings (SSSR count). The van der Waals surface area contributed by atoms with Crippen molar-refractivity contribution in [1.82, 2.24) is 24.6 Å². The van der Waals surface area contributed by atoms with Crippen molar-refractivity contribution in [2.24, 2.45) is 10.8 Å². The third kappa shape index (κ3) is 25.4. The first-order valence-corrected chi connectivity index (χ1v) is 36.2. The van der Waals surface area contributed by atoms with Gasteiger partial charge in [-0.25, -0.2) is 31.2 Å². The van der Waals surface area contributed by atoms with Crippen LogP contribution in [0.15, 0.2) is 155 Å². The molecule has 0 radical (unpaired) electrons. The highest BCUT2D eigenvalue weighted by molar-refractivity contribution is 7.89. The largest absolute Gasteiger partial charge is 0.489 e. The number of carbonyl (C=O) groups is 3. The van der Waals surface area contributed by atoms with Crippen molar-refractivity contribution in [1.29, 1.82) is 0 Å². The number of hydrogen-bond acceptors (Lipinski definition) is 19. The molecule has 2 aliphatic rings. The number of sulfonamides is 2. The van der Waals surface area contributed by atoms with Crippen LogP contribution in [0.3, 0.4) is 0 Å². The third-order valence-corrected chi connectivity index (χ3v) is 19.6. The number of carbonyl (C=O) groups excluding carboxylic acids is 3. The number of aliphatic hydroxyl groups excluding tert-OH is 3. The first-order valence-electron chi connectivity index (χ1n) is 33.3. The van der Waals surface area contributed by atoms with Crippen LogP contribution >= 0.6 is 0 Å². The molecule has 100 heavy (non-hydrogen) atoms. The molecule has 6 N–H and O–H groups in total. The molecule has 26 heteroatoms. The van der Waals surface area contributed by atoms with E-state index in [1.807, 2.05) is 137 Å². The number of amides is 3. The SMILES string of the molecule is CC(C)(CCCO)CN(C[C@@H](O)[C@H](Cc1ccc(OCc2ccccc2)cc1)NC(=O)OC(C)(C)C)S(=O)(=O)c1ccc2c(c1)OCO2.CNC(=O)OCCCC(C)(C)CN(C[C@@H](O)[C@H](Cc1ccc(OCc2ccccc2)cc1)NC(=O)OC(C)(C)C)S(=O)(=O)c1ccc2c(c1)OCO2. The van der Waals surface area contributed by atoms with Gasteiger partial charge in [0.05, 0.1) is 40.7 Å². The van der Waals surface area contributed by atoms with Gasteiger partial charge in [0.1, 0.15) is 35.9 Å². The second-order valence-corrected chi connectivity index (χ2v) is 32.0. The maximum Gasteiger partial charge on any atom is 0.407 e. The van der Waals surface area contributed by atoms with Crippen LogP contribution < -0.4 is 44.4 Å². The Hall–Kier alpha value is -8.37. The Kier molecular flexibility index (Phi) is 28.3. The second-order valence-electron chi connectivity index (χ2n) is 28.2. The van der Waals surface area contributed by atoms with E-state index in [-0.39, 0.29) is 75.6 Å². The number of benzene rings is 6. The van der Waals surface area contributed by atoms with Crippen LogP contribution in [0.1, 0.15) is 117 Å². The van der Waals surface area contributed by atoms with Crippen LogP contribution in [-0.4, -0.2) is 155 Å². The van der Waals surface area contributed by atoms with Gasteiger partial charge >= 0.3 is 18.3 Å². The van der Waals surface area contributed by atoms with Crippen molar-refractivity contribution in [3.8, 4) is 34.5 Å². The molecule has 0 saturated carbocycles. The Morgan fingerprint density at radius 2 is 0.880 bits per heavy atom. The zero-order chi connectivity index (χ0) is 72.9. The lowest BCUT2D eigenvalue weighted by molar-refractivity contribution is 0.0384. The zero-order valence-electron chi connectivity index (χ0n) is 59.1. The molecule has 2 aliphatic heterocycles. The van der Waals surface area contributed by atoms with Crippen molar-refractivity contribution in [2.45, 2.75) is 166 Å². The molecule has 0 aliphatic carbocycles. The number of fused-ring (bicyclic) bond motifs is 2. The maximum atomic E-state index is 14.3. The van der Waals surface area contributed by atoms with Gasteiger partial charge in [-0.2, -0.15) is 8.61 Å². The van der Waals surface area contributed by atoms with Crippen molar-refractivity contribution in [2.75, 3.05) is 60.0 Å². The van der Waals surface area contributed by atoms with Gasteiger partial charge in [-0.3, -0.25) is 0 Å². The molecule has 3 amide bonds. The average molecular weight is 1430 g/mol. The van der Waals surface area contributed by atoms with Crippen LogP contribution in [0, 0.1) is 10.8 Å². The normalized spacial score (nSPS) is 14.2. The van der Waals surface area contributed by atoms with E-state index in [4.69, 9.17) is 42.6 Å². The van der Waals surface area contributed by atoms with E-state index in [1.54, 1.807) is 47.6 Å². The van der Waals surface area contributed by atoms with Gasteiger partial charge in [-0.15, -0.1) is 0 Å². The molecule has 2 heterocycles. The fourth-order valence-corrected chi connectivity index (χ4v) is 14.2. The maximum absolute atomic E-state index is 14.3. The second kappa shape index (κ2) is 35.8. The minimum atomic E-state index is -4.22. The summed E-state index contributed by atoms with van der Waals surface area (Å²) in [4.78, 5) is 37.5. The Bertz CT molecular complexity index is 3810. The summed E-state index contributed by atoms with van der Waals surface area (Å²) in [6, 6.07) is 41.1. The summed E-state index contributed by atoms with van der Waals surface area (Å²) in [7, 11) is -6.90. The molecule has 6 aromatic carbocycles. The first-order chi connectivity index (χ1) is 47.2. The number of alkyl carbamates (subject to hydrolysis) is 3. The van der Waals surface area contributed by atoms with Gasteiger partial charge in [0.25, 0.3) is 0 Å². The highest BCUT2D eigenvalue weighted by atomic mass is 32.2. The monoisotopic (exact) mass is 1430 g/mol. The number of rotatable bonds is 33. The first kappa shape index (κ1) is 79.0. The van der Waals surface area contributed by atoms with E-state index in [1.165, 1.54) is 46.0 Å². The van der Waals surface area contributed by atoms with E-state index >= 15 is 0 Å². The van der Waals surface area contributed by atoms with Crippen LogP contribution in [0.4, 0.5) is 14.4 Å². The molecular formula is C74H99N5O19S2. The van der Waals surface area contributed by atoms with Gasteiger partial charge in [0, 0.05) is 52.0 Å². The van der Waals surface area contributed by atoms with Crippen LogP contribution in [0.25, 0.3) is 0 Å². The van der Waals surface area contributed by atoms with E-state index in [2.05, 4.69) is 16.0 Å². The minimum absolute atomic E-state index is 0.00635. The van der Waals surface area contributed by atoms with Gasteiger partial charge in [0.2, 0.25) is 33.6 Å². The predicted molar refractivity (Wildman–Crippen MR) is 376 cm³/mol. The van der Waals surface area contributed by atoms with Crippen LogP contribution in [0.5, 0.6) is 34.5 Å². The number of hydrogen-bond donors (Lipinski definition) is 6. The van der Waals surface area contributed by atoms with Gasteiger partial charge in [0.15, 0.2) is 23.0 Å². The van der Waals surface area contributed by atoms with Gasteiger partial charge < -0.3 is 73.9 Å². The fraction of sp³-hybridized carbons (Fsp3) is 0.473. The fourth-order valence-electron chi connectivity index (χ4n) is 10.9. The van der Waals surface area contributed by atoms with Crippen molar-refractivity contribution in [3.63, 3.8) is 0 Å². The van der Waals surface area contributed by atoms with Gasteiger partial charge in [-0.1, -0.05) is 113 Å². The summed E-state index contributed by atoms with van der Waals surface area (Å²) in [5.41, 5.74) is 0.863. The molecule has 0 bridgehead atoms. The summed E-state index contributed by atoms with van der Waals surface area (Å²) in [6.45, 7) is 18.3. The Labute approximate surface area is 588 Å². The smallest absolute Gasteiger partial charge is 0.407 e. The summed E-state index contributed by atoms with van der Waals surface area (Å²) >= 11 is 0. The molecule has 546 valence electrons. The Balaban J connectivity index is 0.000000282. The topological polar surface area (TPSA) is 306 Å². The number of nitrogens with zero attached hydrogens (tertiary/aromatic N) is 2. The van der Waals surface area contributed by atoms with Crippen LogP contribution in [0.2, 0.25) is 0 Å². The lowest BCUT2D eigenvalue weighted by Gasteiger charge is -2.35. The minimum Gasteiger partial charge on any atom is -0.489 e. The molecule has 4 atom stereocenters. The number of ether oxygens (including phenoxy) is 9. The average Bonchev–Trinajstić information content (AvgIpc) is 1.23. The highest BCUT2D eigenvalue weighted by Crippen LogP contribution is 2.38. The number of aliphatic hydroxyl groups is 3. The molecule has 6 aromatic rings. The molecule has 0 fully saturated rings. The highest BCUT2D eigenvalue weighted by Gasteiger charge is 2.38. The molecule has 0 saturated heterocycles. The van der Waals surface area contributed by atoms with E-state index < -0.39 is 84.6 Å². The predicted octanol–water partition coefficient (Wildman–Crippen LogP) is 10.9. The van der Waals surface area contributed by atoms with Crippen molar-refractivity contribution < 1.29 is 89.2 Å². The molecule has 0 aromatic heterocycles. The zero-order valence-corrected chi connectivity index (χ0v) is 60.7. The summed E-state index contributed by atoms with van der Waals surface area (Å²) < 4.78 is 109. The summed E-state index contributed by atoms with van der Waals surface area (Å²) in [6.07, 6.45) is -2.36. The standard InChI is InChI=1S/C38H51N3O10S.C36H48N2O9S/c1-37(2,3)51-36(44)40-31(21-27-13-15-29(16-14-27)48-24-28-11-8-7-9-12-28)32(42)23-41(25-38(4,5)19-10-20-47-35(43)39-6)52(45,46)30-17-18-33-34(22-30)50-26-49-33;1-35(2,3)47-34(41)37-30(20-26-12-14-28(15-13-26)44-23-27-10-7-6-8-11-27)31(40)22-38(24-36(4,5)18-9-19-39)48(42,43)29-16-17-32-33(21-29)46-25-45-32/h7-9,11-18,22,31-32,42H,10,19-21,23-26H2,1-6H3,(H,39,43)(H,40,44);6-8,10-17,21,30-31,39-40H,9,18-20,22-25H2,1-5H3,(H,37,41)/t31-,32+;30-,31+/m00/s1. The van der Waals surface area contributed by atoms with E-state index in [0.717, 1.165) is 22.3 Å². The van der Waals surface area contributed by atoms with E-state index in [9.17, 15) is 46.5 Å². The lowest BCUT2D eigenvalue weighted by atomic mass is 9.87. The molecular weight excluding hydrogens is 1330 g/mol. The molecule has 0 unspecified atom stereocenters. The summed E-state index contributed by atoms with van der Waals surface area (Å²) in [5.74, 6) is 2.80. The molecule has 24 nitrogen and oxygen atoms in total. The molecule has 0 spiro atoms. The van der Waals surface area contributed by atoms with Crippen LogP contribution in [-0.2, 0) is 60.3 Å². The number of nitrogens with one attached hydrogen (secondary N) is 3. The van der Waals surface area contributed by atoms with Gasteiger partial charge in [-0.05, 0) is 162 Å². The third-order valence-electron chi connectivity index (χ3n) is 16.0. The van der Waals surface area contributed by atoms with Crippen molar-refractivity contribution in [3.05, 3.63) is 168 Å². The Morgan fingerprint density at radius 3 is 1.25 bits per heavy atom.